The number of alkyl halides is 3. The number of carbonyl (C=O) groups excluding carboxylic acids is 1. The van der Waals surface area contributed by atoms with Crippen molar-refractivity contribution < 1.29 is 22.7 Å². The van der Waals surface area contributed by atoms with Crippen LogP contribution in [0.4, 0.5) is 13.2 Å². The average Bonchev–Trinajstić information content (AvgIpc) is 2.54. The Morgan fingerprint density at radius 2 is 1.96 bits per heavy atom. The van der Waals surface area contributed by atoms with Crippen LogP contribution in [0.25, 0.3) is 11.1 Å². The molecule has 0 atom stereocenters. The Morgan fingerprint density at radius 1 is 1.20 bits per heavy atom. The summed E-state index contributed by atoms with van der Waals surface area (Å²) in [6.07, 6.45) is -4.13. The Labute approximate surface area is 153 Å². The number of carbonyl (C=O) groups is 1. The Morgan fingerprint density at radius 3 is 2.60 bits per heavy atom. The van der Waals surface area contributed by atoms with Gasteiger partial charge in [-0.2, -0.15) is 13.2 Å². The van der Waals surface area contributed by atoms with Gasteiger partial charge in [0.2, 0.25) is 0 Å². The largest absolute Gasteiger partial charge is 0.466 e. The van der Waals surface area contributed by atoms with Crippen LogP contribution in [0.15, 0.2) is 47.4 Å². The van der Waals surface area contributed by atoms with Gasteiger partial charge >= 0.3 is 12.1 Å². The predicted molar refractivity (Wildman–Crippen MR) is 93.9 cm³/mol. The molecule has 7 heteroatoms. The Hall–Kier alpha value is -1.66. The monoisotopic (exact) mass is 388 g/mol. The molecule has 0 aromatic heterocycles. The van der Waals surface area contributed by atoms with Crippen molar-refractivity contribution in [1.29, 1.82) is 0 Å². The standard InChI is InChI=1S/C18H16ClF3O2S/c1-2-24-17(23)8-9-25-14-5-3-4-12(10-14)15-7-6-13(11-16(15)19)18(20,21)22/h3-7,10-11H,2,8-9H2,1H3. The van der Waals surface area contributed by atoms with Crippen molar-refractivity contribution in [2.45, 2.75) is 24.4 Å². The number of ether oxygens (including phenoxy) is 1. The zero-order valence-electron chi connectivity index (χ0n) is 13.4. The highest BCUT2D eigenvalue weighted by Crippen LogP contribution is 2.36. The van der Waals surface area contributed by atoms with Crippen LogP contribution in [-0.2, 0) is 15.7 Å². The lowest BCUT2D eigenvalue weighted by Gasteiger charge is -2.11. The fourth-order valence-corrected chi connectivity index (χ4v) is 3.34. The normalized spacial score (nSPS) is 11.4. The number of rotatable bonds is 6. The van der Waals surface area contributed by atoms with Crippen molar-refractivity contribution in [2.24, 2.45) is 0 Å². The maximum Gasteiger partial charge on any atom is 0.416 e. The summed E-state index contributed by atoms with van der Waals surface area (Å²) in [5.74, 6) is 0.306. The van der Waals surface area contributed by atoms with Crippen molar-refractivity contribution in [3.63, 3.8) is 0 Å². The molecule has 134 valence electrons. The second-order valence-corrected chi connectivity index (χ2v) is 6.70. The highest BCUT2D eigenvalue weighted by molar-refractivity contribution is 7.99. The zero-order valence-corrected chi connectivity index (χ0v) is 15.0. The second kappa shape index (κ2) is 8.63. The molecule has 0 spiro atoms. The molecule has 0 radical (unpaired) electrons. The van der Waals surface area contributed by atoms with E-state index in [0.29, 0.717) is 24.3 Å². The number of benzene rings is 2. The molecule has 0 N–H and O–H groups in total. The first kappa shape index (κ1) is 19.7. The van der Waals surface area contributed by atoms with Gasteiger partial charge in [0.05, 0.1) is 18.6 Å². The molecule has 2 rings (SSSR count). The van der Waals surface area contributed by atoms with Crippen molar-refractivity contribution in [3.05, 3.63) is 53.1 Å². The van der Waals surface area contributed by atoms with E-state index in [-0.39, 0.29) is 11.0 Å². The Kier molecular flexibility index (Phi) is 6.79. The Balaban J connectivity index is 2.12. The van der Waals surface area contributed by atoms with Gasteiger partial charge in [-0.15, -0.1) is 11.8 Å². The third-order valence-corrected chi connectivity index (χ3v) is 4.63. The summed E-state index contributed by atoms with van der Waals surface area (Å²) < 4.78 is 43.0. The third-order valence-electron chi connectivity index (χ3n) is 3.32. The predicted octanol–water partition coefficient (Wildman–Crippen LogP) is 6.07. The van der Waals surface area contributed by atoms with Crippen LogP contribution in [0.2, 0.25) is 5.02 Å². The SMILES string of the molecule is CCOC(=O)CCSc1cccc(-c2ccc(C(F)(F)F)cc2Cl)c1. The number of hydrogen-bond donors (Lipinski definition) is 0. The second-order valence-electron chi connectivity index (χ2n) is 5.12. The molecule has 25 heavy (non-hydrogen) atoms. The van der Waals surface area contributed by atoms with Crippen molar-refractivity contribution >= 4 is 29.3 Å². The van der Waals surface area contributed by atoms with Crippen LogP contribution in [0.3, 0.4) is 0 Å². The molecule has 0 heterocycles. The first-order valence-electron chi connectivity index (χ1n) is 7.57. The number of halogens is 4. The molecule has 0 amide bonds. The molecule has 2 aromatic rings. The van der Waals surface area contributed by atoms with Gasteiger partial charge in [0.25, 0.3) is 0 Å². The van der Waals surface area contributed by atoms with Gasteiger partial charge in [0.15, 0.2) is 0 Å². The van der Waals surface area contributed by atoms with Crippen molar-refractivity contribution in [2.75, 3.05) is 12.4 Å². The smallest absolute Gasteiger partial charge is 0.416 e. The van der Waals surface area contributed by atoms with Gasteiger partial charge in [0, 0.05) is 21.2 Å². The van der Waals surface area contributed by atoms with Crippen LogP contribution in [0.5, 0.6) is 0 Å². The molecule has 2 nitrogen and oxygen atoms in total. The molecule has 0 bridgehead atoms. The first-order valence-corrected chi connectivity index (χ1v) is 8.93. The molecule has 2 aromatic carbocycles. The zero-order chi connectivity index (χ0) is 18.4. The van der Waals surface area contributed by atoms with E-state index in [2.05, 4.69) is 0 Å². The van der Waals surface area contributed by atoms with E-state index in [1.54, 1.807) is 19.1 Å². The minimum Gasteiger partial charge on any atom is -0.466 e. The Bertz CT molecular complexity index is 747. The van der Waals surface area contributed by atoms with E-state index in [4.69, 9.17) is 16.3 Å². The summed E-state index contributed by atoms with van der Waals surface area (Å²) in [6, 6.07) is 10.6. The summed E-state index contributed by atoms with van der Waals surface area (Å²) >= 11 is 7.51. The summed E-state index contributed by atoms with van der Waals surface area (Å²) in [7, 11) is 0. The van der Waals surface area contributed by atoms with E-state index in [1.165, 1.54) is 17.8 Å². The number of thioether (sulfide) groups is 1. The lowest BCUT2D eigenvalue weighted by Crippen LogP contribution is -2.04. The fourth-order valence-electron chi connectivity index (χ4n) is 2.16. The molecule has 0 aliphatic rings. The third kappa shape index (κ3) is 5.68. The topological polar surface area (TPSA) is 26.3 Å². The van der Waals surface area contributed by atoms with E-state index >= 15 is 0 Å². The fraction of sp³-hybridized carbons (Fsp3) is 0.278. The average molecular weight is 389 g/mol. The van der Waals surface area contributed by atoms with Crippen LogP contribution >= 0.6 is 23.4 Å². The lowest BCUT2D eigenvalue weighted by molar-refractivity contribution is -0.142. The highest BCUT2D eigenvalue weighted by Gasteiger charge is 2.30. The van der Waals surface area contributed by atoms with Crippen LogP contribution in [-0.4, -0.2) is 18.3 Å². The maximum absolute atomic E-state index is 12.7. The molecule has 0 saturated heterocycles. The molecule has 0 aliphatic heterocycles. The lowest BCUT2D eigenvalue weighted by atomic mass is 10.0. The summed E-state index contributed by atoms with van der Waals surface area (Å²) in [5.41, 5.74) is 0.476. The number of hydrogen-bond acceptors (Lipinski definition) is 3. The van der Waals surface area contributed by atoms with Gasteiger partial charge < -0.3 is 4.74 Å². The van der Waals surface area contributed by atoms with E-state index in [0.717, 1.165) is 22.6 Å². The van der Waals surface area contributed by atoms with Crippen LogP contribution in [0.1, 0.15) is 18.9 Å². The van der Waals surface area contributed by atoms with E-state index in [9.17, 15) is 18.0 Å². The molecule has 0 unspecified atom stereocenters. The van der Waals surface area contributed by atoms with Gasteiger partial charge in [-0.05, 0) is 36.8 Å². The van der Waals surface area contributed by atoms with Crippen LogP contribution in [0, 0.1) is 0 Å². The minimum absolute atomic E-state index is 0.0449. The molecular formula is C18H16ClF3O2S. The van der Waals surface area contributed by atoms with Gasteiger partial charge in [0.1, 0.15) is 0 Å². The first-order chi connectivity index (χ1) is 11.8. The molecule has 0 aliphatic carbocycles. The highest BCUT2D eigenvalue weighted by atomic mass is 35.5. The summed E-state index contributed by atoms with van der Waals surface area (Å²) in [6.45, 7) is 2.10. The molecule has 0 fully saturated rings. The van der Waals surface area contributed by atoms with E-state index in [1.807, 2.05) is 12.1 Å². The molecule has 0 saturated carbocycles. The van der Waals surface area contributed by atoms with Gasteiger partial charge in [-0.25, -0.2) is 0 Å². The van der Waals surface area contributed by atoms with Gasteiger partial charge in [-0.3, -0.25) is 4.79 Å². The summed E-state index contributed by atoms with van der Waals surface area (Å²) in [5, 5.41) is 0.0449. The van der Waals surface area contributed by atoms with Crippen molar-refractivity contribution in [1.82, 2.24) is 0 Å². The van der Waals surface area contributed by atoms with Crippen LogP contribution < -0.4 is 0 Å². The van der Waals surface area contributed by atoms with E-state index < -0.39 is 11.7 Å². The summed E-state index contributed by atoms with van der Waals surface area (Å²) in [4.78, 5) is 12.2. The number of esters is 1. The van der Waals surface area contributed by atoms with Crippen molar-refractivity contribution in [3.8, 4) is 11.1 Å². The quantitative estimate of drug-likeness (QED) is 0.443. The van der Waals surface area contributed by atoms with Gasteiger partial charge in [-0.1, -0.05) is 29.8 Å². The minimum atomic E-state index is -4.42. The molecular weight excluding hydrogens is 373 g/mol. The maximum atomic E-state index is 12.7.